The van der Waals surface area contributed by atoms with Gasteiger partial charge in [0.2, 0.25) is 0 Å². The van der Waals surface area contributed by atoms with Gasteiger partial charge >= 0.3 is 5.97 Å². The Morgan fingerprint density at radius 3 is 2.48 bits per heavy atom. The van der Waals surface area contributed by atoms with E-state index in [-0.39, 0.29) is 12.5 Å². The Kier molecular flexibility index (Phi) is 6.53. The number of aliphatic carboxylic acids is 1. The number of carbonyl (C=O) groups is 2. The summed E-state index contributed by atoms with van der Waals surface area (Å²) in [4.78, 5) is 22.1. The predicted molar refractivity (Wildman–Crippen MR) is 92.0 cm³/mol. The number of carboxylic acids is 1. The van der Waals surface area contributed by atoms with E-state index in [1.54, 1.807) is 30.3 Å². The minimum Gasteiger partial charge on any atom is -0.484 e. The number of hydrazone groups is 1. The van der Waals surface area contributed by atoms with E-state index in [9.17, 15) is 9.59 Å². The Labute approximate surface area is 144 Å². The molecule has 0 unspecified atom stereocenters. The molecule has 25 heavy (non-hydrogen) atoms. The van der Waals surface area contributed by atoms with Crippen LogP contribution < -0.4 is 14.9 Å². The maximum atomic E-state index is 11.7. The highest BCUT2D eigenvalue weighted by Crippen LogP contribution is 2.12. The van der Waals surface area contributed by atoms with Gasteiger partial charge in [0, 0.05) is 0 Å². The van der Waals surface area contributed by atoms with Crippen LogP contribution in [0.15, 0.2) is 53.6 Å². The van der Waals surface area contributed by atoms with Crippen molar-refractivity contribution in [2.24, 2.45) is 5.10 Å². The van der Waals surface area contributed by atoms with Gasteiger partial charge < -0.3 is 14.6 Å². The van der Waals surface area contributed by atoms with Crippen molar-refractivity contribution in [1.82, 2.24) is 5.43 Å². The van der Waals surface area contributed by atoms with E-state index in [0.29, 0.717) is 11.5 Å². The first-order valence-electron chi connectivity index (χ1n) is 7.49. The lowest BCUT2D eigenvalue weighted by Gasteiger charge is -2.05. The van der Waals surface area contributed by atoms with Crippen LogP contribution in [0.2, 0.25) is 0 Å². The third-order valence-corrected chi connectivity index (χ3v) is 3.00. The molecule has 0 bridgehead atoms. The van der Waals surface area contributed by atoms with Crippen LogP contribution in [0.25, 0.3) is 0 Å². The molecule has 0 aliphatic carbocycles. The van der Waals surface area contributed by atoms with Crippen molar-refractivity contribution in [3.8, 4) is 11.5 Å². The van der Waals surface area contributed by atoms with E-state index in [1.165, 1.54) is 6.21 Å². The number of hydrogen-bond donors (Lipinski definition) is 2. The fraction of sp³-hybridized carbons (Fsp3) is 0.167. The van der Waals surface area contributed by atoms with E-state index in [2.05, 4.69) is 10.5 Å². The molecule has 0 radical (unpaired) electrons. The predicted octanol–water partition coefficient (Wildman–Crippen LogP) is 1.99. The molecular formula is C18H18N2O5. The standard InChI is InChI=1S/C18H18N2O5/c1-13-3-2-4-16(9-13)24-11-17(21)20-19-10-14-5-7-15(8-6-14)25-12-18(22)23/h2-10H,11-12H2,1H3,(H,20,21)(H,22,23)/b19-10+. The highest BCUT2D eigenvalue weighted by atomic mass is 16.5. The maximum absolute atomic E-state index is 11.7. The number of amides is 1. The molecule has 0 spiro atoms. The van der Waals surface area contributed by atoms with Crippen molar-refractivity contribution in [3.05, 3.63) is 59.7 Å². The summed E-state index contributed by atoms with van der Waals surface area (Å²) in [5.41, 5.74) is 4.14. The topological polar surface area (TPSA) is 97.2 Å². The molecule has 2 aromatic carbocycles. The Balaban J connectivity index is 1.76. The third kappa shape index (κ3) is 6.74. The van der Waals surface area contributed by atoms with Crippen molar-refractivity contribution in [3.63, 3.8) is 0 Å². The molecule has 0 saturated heterocycles. The average molecular weight is 342 g/mol. The smallest absolute Gasteiger partial charge is 0.341 e. The van der Waals surface area contributed by atoms with Gasteiger partial charge in [-0.1, -0.05) is 12.1 Å². The van der Waals surface area contributed by atoms with Crippen molar-refractivity contribution in [2.45, 2.75) is 6.92 Å². The summed E-state index contributed by atoms with van der Waals surface area (Å²) in [7, 11) is 0. The molecule has 0 aliphatic heterocycles. The summed E-state index contributed by atoms with van der Waals surface area (Å²) in [6.07, 6.45) is 1.46. The van der Waals surface area contributed by atoms with Crippen LogP contribution >= 0.6 is 0 Å². The first-order chi connectivity index (χ1) is 12.0. The van der Waals surface area contributed by atoms with Crippen LogP contribution in [0, 0.1) is 6.92 Å². The molecule has 2 N–H and O–H groups in total. The zero-order valence-electron chi connectivity index (χ0n) is 13.6. The van der Waals surface area contributed by atoms with Crippen LogP contribution in [0.1, 0.15) is 11.1 Å². The Bertz CT molecular complexity index is 756. The zero-order valence-corrected chi connectivity index (χ0v) is 13.6. The Morgan fingerprint density at radius 1 is 1.08 bits per heavy atom. The van der Waals surface area contributed by atoms with Gasteiger partial charge in [-0.05, 0) is 54.4 Å². The van der Waals surface area contributed by atoms with Crippen LogP contribution in [-0.2, 0) is 9.59 Å². The fourth-order valence-electron chi connectivity index (χ4n) is 1.86. The van der Waals surface area contributed by atoms with Crippen LogP contribution in [0.5, 0.6) is 11.5 Å². The molecule has 0 fully saturated rings. The summed E-state index contributed by atoms with van der Waals surface area (Å²) < 4.78 is 10.4. The molecule has 7 heteroatoms. The number of carboxylic acid groups (broad SMARTS) is 1. The normalized spacial score (nSPS) is 10.4. The van der Waals surface area contributed by atoms with Gasteiger partial charge in [-0.15, -0.1) is 0 Å². The molecule has 0 saturated carbocycles. The first-order valence-corrected chi connectivity index (χ1v) is 7.49. The SMILES string of the molecule is Cc1cccc(OCC(=O)N/N=C/c2ccc(OCC(=O)O)cc2)c1. The second-order valence-electron chi connectivity index (χ2n) is 5.15. The minimum atomic E-state index is -1.04. The Morgan fingerprint density at radius 2 is 1.80 bits per heavy atom. The van der Waals surface area contributed by atoms with E-state index < -0.39 is 12.6 Å². The zero-order chi connectivity index (χ0) is 18.1. The number of carbonyl (C=O) groups excluding carboxylic acids is 1. The number of rotatable bonds is 8. The molecule has 0 aliphatic rings. The second-order valence-corrected chi connectivity index (χ2v) is 5.15. The van der Waals surface area contributed by atoms with Crippen LogP contribution in [0.4, 0.5) is 0 Å². The third-order valence-electron chi connectivity index (χ3n) is 3.00. The minimum absolute atomic E-state index is 0.136. The van der Waals surface area contributed by atoms with Crippen molar-refractivity contribution in [2.75, 3.05) is 13.2 Å². The van der Waals surface area contributed by atoms with Gasteiger partial charge in [-0.2, -0.15) is 5.10 Å². The number of aryl methyl sites for hydroxylation is 1. The quantitative estimate of drug-likeness (QED) is 0.565. The fourth-order valence-corrected chi connectivity index (χ4v) is 1.86. The lowest BCUT2D eigenvalue weighted by atomic mass is 10.2. The van der Waals surface area contributed by atoms with Crippen molar-refractivity contribution >= 4 is 18.1 Å². The van der Waals surface area contributed by atoms with Crippen molar-refractivity contribution < 1.29 is 24.2 Å². The molecule has 1 amide bonds. The largest absolute Gasteiger partial charge is 0.484 e. The van der Waals surface area contributed by atoms with Gasteiger partial charge in [0.25, 0.3) is 5.91 Å². The van der Waals surface area contributed by atoms with Gasteiger partial charge in [0.05, 0.1) is 6.21 Å². The molecule has 130 valence electrons. The van der Waals surface area contributed by atoms with Gasteiger partial charge in [0.15, 0.2) is 13.2 Å². The first kappa shape index (κ1) is 18.0. The molecule has 0 aromatic heterocycles. The number of nitrogens with one attached hydrogen (secondary N) is 1. The lowest BCUT2D eigenvalue weighted by Crippen LogP contribution is -2.24. The van der Waals surface area contributed by atoms with E-state index in [1.807, 2.05) is 25.1 Å². The summed E-state index contributed by atoms with van der Waals surface area (Å²) in [6.45, 7) is 1.41. The number of benzene rings is 2. The highest BCUT2D eigenvalue weighted by Gasteiger charge is 2.02. The Hall–Kier alpha value is -3.35. The van der Waals surface area contributed by atoms with Crippen LogP contribution in [0.3, 0.4) is 0 Å². The monoisotopic (exact) mass is 342 g/mol. The second kappa shape index (κ2) is 9.07. The van der Waals surface area contributed by atoms with Gasteiger partial charge in [0.1, 0.15) is 11.5 Å². The molecule has 2 aromatic rings. The summed E-state index contributed by atoms with van der Waals surface area (Å²) in [6, 6.07) is 14.0. The van der Waals surface area contributed by atoms with E-state index >= 15 is 0 Å². The highest BCUT2D eigenvalue weighted by molar-refractivity contribution is 5.83. The lowest BCUT2D eigenvalue weighted by molar-refractivity contribution is -0.139. The molecule has 0 heterocycles. The maximum Gasteiger partial charge on any atom is 0.341 e. The summed E-state index contributed by atoms with van der Waals surface area (Å²) in [5.74, 6) is -0.355. The number of ether oxygens (including phenoxy) is 2. The molecule has 0 atom stereocenters. The number of hydrogen-bond acceptors (Lipinski definition) is 5. The summed E-state index contributed by atoms with van der Waals surface area (Å²) >= 11 is 0. The molecular weight excluding hydrogens is 324 g/mol. The van der Waals surface area contributed by atoms with E-state index in [0.717, 1.165) is 11.1 Å². The van der Waals surface area contributed by atoms with Gasteiger partial charge in [-0.3, -0.25) is 4.79 Å². The number of nitrogens with zero attached hydrogens (tertiary/aromatic N) is 1. The summed E-state index contributed by atoms with van der Waals surface area (Å²) in [5, 5.41) is 12.4. The van der Waals surface area contributed by atoms with Crippen molar-refractivity contribution in [1.29, 1.82) is 0 Å². The average Bonchev–Trinajstić information content (AvgIpc) is 2.59. The van der Waals surface area contributed by atoms with E-state index in [4.69, 9.17) is 14.6 Å². The molecule has 7 nitrogen and oxygen atoms in total. The van der Waals surface area contributed by atoms with Crippen LogP contribution in [-0.4, -0.2) is 36.4 Å². The van der Waals surface area contributed by atoms with Gasteiger partial charge in [-0.25, -0.2) is 10.2 Å². The molecule has 2 rings (SSSR count).